The van der Waals surface area contributed by atoms with E-state index in [9.17, 15) is 0 Å². The topological polar surface area (TPSA) is 58.9 Å². The molecule has 116 valence electrons. The van der Waals surface area contributed by atoms with Crippen LogP contribution in [0.4, 0.5) is 0 Å². The Morgan fingerprint density at radius 1 is 1.00 bits per heavy atom. The van der Waals surface area contributed by atoms with Crippen molar-refractivity contribution < 1.29 is 0 Å². The molecular weight excluding hydrogens is 342 g/mol. The van der Waals surface area contributed by atoms with Crippen LogP contribution < -0.4 is 0 Å². The molecule has 2 aromatic carbocycles. The summed E-state index contributed by atoms with van der Waals surface area (Å²) in [6.45, 7) is 0. The van der Waals surface area contributed by atoms with Gasteiger partial charge in [0.15, 0.2) is 0 Å². The van der Waals surface area contributed by atoms with E-state index in [4.69, 9.17) is 11.6 Å². The van der Waals surface area contributed by atoms with Crippen molar-refractivity contribution in [3.05, 3.63) is 59.6 Å². The van der Waals surface area contributed by atoms with E-state index in [-0.39, 0.29) is 0 Å². The quantitative estimate of drug-likeness (QED) is 0.503. The second-order valence-corrected chi connectivity index (χ2v) is 6.79. The zero-order valence-corrected chi connectivity index (χ0v) is 13.8. The Kier molecular flexibility index (Phi) is 2.95. The summed E-state index contributed by atoms with van der Waals surface area (Å²) >= 11 is 7.45. The molecule has 0 aliphatic rings. The monoisotopic (exact) mass is 351 g/mol. The molecule has 5 nitrogen and oxygen atoms in total. The minimum atomic E-state index is 0.706. The fraction of sp³-hybridized carbons (Fsp3) is 0. The molecule has 0 unspecified atom stereocenters. The first-order valence-electron chi connectivity index (χ1n) is 7.34. The van der Waals surface area contributed by atoms with Gasteiger partial charge in [-0.05, 0) is 24.3 Å². The van der Waals surface area contributed by atoms with E-state index in [1.165, 1.54) is 11.3 Å². The molecule has 0 atom stereocenters. The number of nitrogens with one attached hydrogen (secondary N) is 1. The first kappa shape index (κ1) is 13.7. The Balaban J connectivity index is 1.65. The van der Waals surface area contributed by atoms with Crippen LogP contribution in [0, 0.1) is 0 Å². The Hall–Kier alpha value is -2.70. The maximum atomic E-state index is 5.95. The average molecular weight is 352 g/mol. The molecular formula is C17H10ClN5S. The number of hydrogen-bond donors (Lipinski definition) is 1. The van der Waals surface area contributed by atoms with Gasteiger partial charge in [0.1, 0.15) is 5.01 Å². The maximum Gasteiger partial charge on any atom is 0.235 e. The van der Waals surface area contributed by atoms with Crippen molar-refractivity contribution in [1.29, 1.82) is 0 Å². The first-order chi connectivity index (χ1) is 11.8. The minimum absolute atomic E-state index is 0.706. The van der Waals surface area contributed by atoms with Gasteiger partial charge in [-0.25, -0.2) is 0 Å². The second-order valence-electron chi connectivity index (χ2n) is 5.40. The molecule has 24 heavy (non-hydrogen) atoms. The van der Waals surface area contributed by atoms with Gasteiger partial charge in [0.25, 0.3) is 0 Å². The van der Waals surface area contributed by atoms with Crippen LogP contribution in [0.25, 0.3) is 38.0 Å². The zero-order chi connectivity index (χ0) is 16.1. The summed E-state index contributed by atoms with van der Waals surface area (Å²) in [5.74, 6) is 0.706. The number of H-pyrrole nitrogens is 1. The molecule has 0 saturated heterocycles. The van der Waals surface area contributed by atoms with Crippen molar-refractivity contribution >= 4 is 38.8 Å². The van der Waals surface area contributed by atoms with Crippen LogP contribution in [-0.2, 0) is 0 Å². The number of para-hydroxylation sites is 1. The van der Waals surface area contributed by atoms with Gasteiger partial charge in [-0.3, -0.25) is 0 Å². The smallest absolute Gasteiger partial charge is 0.235 e. The number of nitrogens with zero attached hydrogens (tertiary/aromatic N) is 4. The molecule has 1 N–H and O–H groups in total. The van der Waals surface area contributed by atoms with Gasteiger partial charge in [-0.2, -0.15) is 9.61 Å². The average Bonchev–Trinajstić information content (AvgIpc) is 3.28. The fourth-order valence-corrected chi connectivity index (χ4v) is 3.66. The summed E-state index contributed by atoms with van der Waals surface area (Å²) < 4.78 is 1.78. The van der Waals surface area contributed by atoms with E-state index in [1.807, 2.05) is 42.5 Å². The van der Waals surface area contributed by atoms with Crippen molar-refractivity contribution in [2.24, 2.45) is 0 Å². The van der Waals surface area contributed by atoms with Gasteiger partial charge in [0.2, 0.25) is 10.8 Å². The Morgan fingerprint density at radius 3 is 2.67 bits per heavy atom. The first-order valence-corrected chi connectivity index (χ1v) is 8.54. The molecule has 0 saturated carbocycles. The highest BCUT2D eigenvalue weighted by atomic mass is 35.5. The molecule has 5 aromatic rings. The molecule has 0 aliphatic heterocycles. The van der Waals surface area contributed by atoms with Gasteiger partial charge in [-0.15, -0.1) is 10.2 Å². The SMILES string of the molecule is Clc1ccc(-c2nn3c(-c4cc5ccccc5[nH]4)nnc3s2)cc1. The van der Waals surface area contributed by atoms with Crippen LogP contribution in [0.3, 0.4) is 0 Å². The van der Waals surface area contributed by atoms with Gasteiger partial charge in [-0.1, -0.05) is 53.3 Å². The molecule has 3 aromatic heterocycles. The number of aromatic nitrogens is 5. The summed E-state index contributed by atoms with van der Waals surface area (Å²) in [5.41, 5.74) is 2.98. The summed E-state index contributed by atoms with van der Waals surface area (Å²) in [7, 11) is 0. The highest BCUT2D eigenvalue weighted by Gasteiger charge is 2.16. The lowest BCUT2D eigenvalue weighted by atomic mass is 10.2. The Morgan fingerprint density at radius 2 is 1.83 bits per heavy atom. The molecule has 0 aliphatic carbocycles. The minimum Gasteiger partial charge on any atom is -0.352 e. The largest absolute Gasteiger partial charge is 0.352 e. The second kappa shape index (κ2) is 5.15. The summed E-state index contributed by atoms with van der Waals surface area (Å²) in [4.78, 5) is 4.13. The van der Waals surface area contributed by atoms with Gasteiger partial charge >= 0.3 is 0 Å². The van der Waals surface area contributed by atoms with E-state index in [0.29, 0.717) is 10.8 Å². The van der Waals surface area contributed by atoms with Crippen molar-refractivity contribution in [3.63, 3.8) is 0 Å². The Bertz CT molecular complexity index is 1140. The number of aromatic amines is 1. The molecule has 0 bridgehead atoms. The highest BCUT2D eigenvalue weighted by Crippen LogP contribution is 2.29. The molecule has 7 heteroatoms. The van der Waals surface area contributed by atoms with Gasteiger partial charge < -0.3 is 4.98 Å². The number of halogens is 1. The maximum absolute atomic E-state index is 5.95. The van der Waals surface area contributed by atoms with E-state index < -0.39 is 0 Å². The van der Waals surface area contributed by atoms with Crippen molar-refractivity contribution in [3.8, 4) is 22.1 Å². The molecule has 0 amide bonds. The number of benzene rings is 2. The third kappa shape index (κ3) is 2.11. The number of rotatable bonds is 2. The van der Waals surface area contributed by atoms with E-state index in [2.05, 4.69) is 32.4 Å². The summed E-state index contributed by atoms with van der Waals surface area (Å²) in [5, 5.41) is 15.9. The van der Waals surface area contributed by atoms with Crippen LogP contribution in [0.2, 0.25) is 5.02 Å². The number of fused-ring (bicyclic) bond motifs is 2. The molecule has 3 heterocycles. The summed E-state index contributed by atoms with van der Waals surface area (Å²) in [6, 6.07) is 17.8. The predicted octanol–water partition coefficient (Wildman–Crippen LogP) is 4.65. The van der Waals surface area contributed by atoms with Crippen molar-refractivity contribution in [2.75, 3.05) is 0 Å². The third-order valence-electron chi connectivity index (χ3n) is 3.85. The van der Waals surface area contributed by atoms with E-state index >= 15 is 0 Å². The van der Waals surface area contributed by atoms with Gasteiger partial charge in [0, 0.05) is 21.5 Å². The molecule has 5 rings (SSSR count). The predicted molar refractivity (Wildman–Crippen MR) is 96.4 cm³/mol. The van der Waals surface area contributed by atoms with Crippen LogP contribution in [0.5, 0.6) is 0 Å². The van der Waals surface area contributed by atoms with Crippen LogP contribution in [-0.4, -0.2) is 24.8 Å². The van der Waals surface area contributed by atoms with Gasteiger partial charge in [0.05, 0.1) is 5.69 Å². The molecule has 0 fully saturated rings. The molecule has 0 radical (unpaired) electrons. The van der Waals surface area contributed by atoms with Crippen LogP contribution in [0.15, 0.2) is 54.6 Å². The summed E-state index contributed by atoms with van der Waals surface area (Å²) in [6.07, 6.45) is 0. The standard InChI is InChI=1S/C17H10ClN5S/c18-12-7-5-10(6-8-12)16-22-23-15(20-21-17(23)24-16)14-9-11-3-1-2-4-13(11)19-14/h1-9,19H. The Labute approximate surface area is 145 Å². The lowest BCUT2D eigenvalue weighted by Crippen LogP contribution is -1.91. The van der Waals surface area contributed by atoms with Crippen LogP contribution in [0.1, 0.15) is 0 Å². The zero-order valence-electron chi connectivity index (χ0n) is 12.3. The lowest BCUT2D eigenvalue weighted by molar-refractivity contribution is 0.965. The van der Waals surface area contributed by atoms with E-state index in [0.717, 1.165) is 32.1 Å². The highest BCUT2D eigenvalue weighted by molar-refractivity contribution is 7.19. The van der Waals surface area contributed by atoms with Crippen molar-refractivity contribution in [1.82, 2.24) is 24.8 Å². The lowest BCUT2D eigenvalue weighted by Gasteiger charge is -1.95. The van der Waals surface area contributed by atoms with E-state index in [1.54, 1.807) is 4.52 Å². The van der Waals surface area contributed by atoms with Crippen molar-refractivity contribution in [2.45, 2.75) is 0 Å². The van der Waals surface area contributed by atoms with Crippen LogP contribution >= 0.6 is 22.9 Å². The number of hydrogen-bond acceptors (Lipinski definition) is 4. The normalized spacial score (nSPS) is 11.5. The molecule has 0 spiro atoms. The third-order valence-corrected chi connectivity index (χ3v) is 5.05. The fourth-order valence-electron chi connectivity index (χ4n) is 2.69.